The quantitative estimate of drug-likeness (QED) is 0.773. The smallest absolute Gasteiger partial charge is 0.317 e. The number of hydrogen-bond donors (Lipinski definition) is 2. The van der Waals surface area contributed by atoms with E-state index in [1.54, 1.807) is 6.92 Å². The maximum Gasteiger partial charge on any atom is 0.317 e. The zero-order valence-electron chi connectivity index (χ0n) is 11.2. The Hall–Kier alpha value is -2.16. The number of amides is 2. The zero-order chi connectivity index (χ0) is 14.7. The fraction of sp³-hybridized carbons (Fsp3) is 0.636. The predicted molar refractivity (Wildman–Crippen MR) is 64.8 cm³/mol. The van der Waals surface area contributed by atoms with E-state index in [4.69, 9.17) is 14.4 Å². The molecule has 2 rings (SSSR count). The van der Waals surface area contributed by atoms with Crippen LogP contribution in [-0.4, -0.2) is 58.5 Å². The van der Waals surface area contributed by atoms with Gasteiger partial charge < -0.3 is 24.6 Å². The van der Waals surface area contributed by atoms with E-state index in [2.05, 4.69) is 15.5 Å². The normalized spacial score (nSPS) is 21.7. The molecule has 2 atom stereocenters. The van der Waals surface area contributed by atoms with Crippen molar-refractivity contribution in [3.8, 4) is 0 Å². The number of nitrogens with one attached hydrogen (secondary N) is 1. The highest BCUT2D eigenvalue weighted by molar-refractivity contribution is 5.77. The number of carboxylic acids is 1. The second kappa shape index (κ2) is 5.87. The third-order valence-corrected chi connectivity index (χ3v) is 3.15. The summed E-state index contributed by atoms with van der Waals surface area (Å²) >= 11 is 0. The molecule has 1 aliphatic rings. The molecular weight excluding hydrogens is 268 g/mol. The fourth-order valence-electron chi connectivity index (χ4n) is 2.00. The van der Waals surface area contributed by atoms with Crippen molar-refractivity contribution in [1.82, 2.24) is 20.4 Å². The van der Waals surface area contributed by atoms with Gasteiger partial charge in [0.15, 0.2) is 5.82 Å². The van der Waals surface area contributed by atoms with Gasteiger partial charge in [0.1, 0.15) is 5.92 Å². The minimum Gasteiger partial charge on any atom is -0.481 e. The van der Waals surface area contributed by atoms with Crippen molar-refractivity contribution in [1.29, 1.82) is 0 Å². The number of aliphatic carboxylic acids is 1. The maximum absolute atomic E-state index is 12.0. The van der Waals surface area contributed by atoms with Crippen LogP contribution in [0.15, 0.2) is 4.52 Å². The Labute approximate surface area is 114 Å². The topological polar surface area (TPSA) is 118 Å². The molecule has 0 saturated carbocycles. The van der Waals surface area contributed by atoms with Gasteiger partial charge in [0, 0.05) is 7.05 Å². The van der Waals surface area contributed by atoms with Crippen molar-refractivity contribution < 1.29 is 24.0 Å². The van der Waals surface area contributed by atoms with Gasteiger partial charge in [-0.2, -0.15) is 4.98 Å². The molecule has 20 heavy (non-hydrogen) atoms. The summed E-state index contributed by atoms with van der Waals surface area (Å²) in [5, 5.41) is 15.2. The Bertz CT molecular complexity index is 503. The Kier molecular flexibility index (Phi) is 4.18. The molecule has 2 unspecified atom stereocenters. The molecule has 0 spiro atoms. The lowest BCUT2D eigenvalue weighted by Gasteiger charge is -2.26. The minimum absolute atomic E-state index is 0.0926. The van der Waals surface area contributed by atoms with Gasteiger partial charge in [-0.15, -0.1) is 0 Å². The van der Waals surface area contributed by atoms with Crippen LogP contribution in [0, 0.1) is 12.8 Å². The first kappa shape index (κ1) is 14.3. The minimum atomic E-state index is -0.973. The third kappa shape index (κ3) is 3.05. The maximum atomic E-state index is 12.0. The average Bonchev–Trinajstić information content (AvgIpc) is 3.03. The van der Waals surface area contributed by atoms with Crippen LogP contribution in [0.2, 0.25) is 0 Å². The van der Waals surface area contributed by atoms with E-state index in [0.717, 1.165) is 0 Å². The van der Waals surface area contributed by atoms with Crippen LogP contribution in [0.5, 0.6) is 0 Å². The number of carboxylic acid groups (broad SMARTS) is 1. The molecule has 1 aromatic rings. The van der Waals surface area contributed by atoms with Crippen LogP contribution in [-0.2, 0) is 16.1 Å². The highest BCUT2D eigenvalue weighted by Gasteiger charge is 2.38. The van der Waals surface area contributed by atoms with Crippen LogP contribution >= 0.6 is 0 Å². The van der Waals surface area contributed by atoms with Crippen molar-refractivity contribution in [3.63, 3.8) is 0 Å². The van der Waals surface area contributed by atoms with E-state index < -0.39 is 24.0 Å². The number of nitrogens with zero attached hydrogens (tertiary/aromatic N) is 3. The molecule has 9 heteroatoms. The van der Waals surface area contributed by atoms with Crippen molar-refractivity contribution in [2.75, 3.05) is 20.3 Å². The molecule has 2 N–H and O–H groups in total. The monoisotopic (exact) mass is 284 g/mol. The first-order valence-corrected chi connectivity index (χ1v) is 6.09. The van der Waals surface area contributed by atoms with Gasteiger partial charge in [0.2, 0.25) is 5.89 Å². The predicted octanol–water partition coefficient (Wildman–Crippen LogP) is -0.381. The Morgan fingerprint density at radius 1 is 1.50 bits per heavy atom. The summed E-state index contributed by atoms with van der Waals surface area (Å²) in [6.07, 6.45) is 0. The van der Waals surface area contributed by atoms with E-state index in [0.29, 0.717) is 11.7 Å². The number of carbonyl (C=O) groups is 2. The second-order valence-corrected chi connectivity index (χ2v) is 4.55. The molecule has 0 bridgehead atoms. The summed E-state index contributed by atoms with van der Waals surface area (Å²) in [6, 6.07) is -0.903. The van der Waals surface area contributed by atoms with Gasteiger partial charge in [-0.1, -0.05) is 5.16 Å². The van der Waals surface area contributed by atoms with E-state index in [1.165, 1.54) is 11.9 Å². The van der Waals surface area contributed by atoms with Crippen molar-refractivity contribution in [2.24, 2.45) is 5.92 Å². The molecule has 1 aromatic heterocycles. The lowest BCUT2D eigenvalue weighted by atomic mass is 10.0. The van der Waals surface area contributed by atoms with Crippen molar-refractivity contribution in [3.05, 3.63) is 11.7 Å². The number of likely N-dealkylation sites (N-methyl/N-ethyl adjacent to an activating group) is 1. The average molecular weight is 284 g/mol. The summed E-state index contributed by atoms with van der Waals surface area (Å²) in [5.74, 6) is -0.907. The standard InChI is InChI=1S/C11H16N4O5/c1-6-13-9(20-14-6)3-12-11(18)15(2)8-5-19-4-7(8)10(16)17/h7-8H,3-5H2,1-2H3,(H,12,18)(H,16,17). The number of aromatic nitrogens is 2. The van der Waals surface area contributed by atoms with Crippen molar-refractivity contribution in [2.45, 2.75) is 19.5 Å². The molecule has 9 nitrogen and oxygen atoms in total. The van der Waals surface area contributed by atoms with Crippen molar-refractivity contribution >= 4 is 12.0 Å². The van der Waals surface area contributed by atoms with Gasteiger partial charge in [-0.3, -0.25) is 4.79 Å². The lowest BCUT2D eigenvalue weighted by Crippen LogP contribution is -2.48. The lowest BCUT2D eigenvalue weighted by molar-refractivity contribution is -0.142. The first-order valence-electron chi connectivity index (χ1n) is 6.09. The molecule has 2 amide bonds. The van der Waals surface area contributed by atoms with E-state index in [-0.39, 0.29) is 19.8 Å². The molecule has 1 fully saturated rings. The number of rotatable bonds is 4. The first-order chi connectivity index (χ1) is 9.49. The fourth-order valence-corrected chi connectivity index (χ4v) is 2.00. The molecule has 110 valence electrons. The number of aryl methyl sites for hydroxylation is 1. The van der Waals surface area contributed by atoms with Crippen LogP contribution in [0.25, 0.3) is 0 Å². The summed E-state index contributed by atoms with van der Waals surface area (Å²) in [7, 11) is 1.53. The molecule has 1 saturated heterocycles. The van der Waals surface area contributed by atoms with Gasteiger partial charge in [0.25, 0.3) is 0 Å². The molecule has 0 aromatic carbocycles. The second-order valence-electron chi connectivity index (χ2n) is 4.55. The Morgan fingerprint density at radius 2 is 2.25 bits per heavy atom. The third-order valence-electron chi connectivity index (χ3n) is 3.15. The van der Waals surface area contributed by atoms with E-state index in [9.17, 15) is 9.59 Å². The summed E-state index contributed by atoms with van der Waals surface area (Å²) < 4.78 is 9.99. The van der Waals surface area contributed by atoms with Crippen LogP contribution in [0.1, 0.15) is 11.7 Å². The van der Waals surface area contributed by atoms with Crippen LogP contribution in [0.3, 0.4) is 0 Å². The van der Waals surface area contributed by atoms with Crippen LogP contribution < -0.4 is 5.32 Å². The number of carbonyl (C=O) groups excluding carboxylic acids is 1. The molecule has 1 aliphatic heterocycles. The highest BCUT2D eigenvalue weighted by Crippen LogP contribution is 2.19. The Balaban J connectivity index is 1.90. The van der Waals surface area contributed by atoms with E-state index in [1.807, 2.05) is 0 Å². The Morgan fingerprint density at radius 3 is 2.85 bits per heavy atom. The summed E-state index contributed by atoms with van der Waals surface area (Å²) in [5.41, 5.74) is 0. The van der Waals surface area contributed by atoms with Gasteiger partial charge in [0.05, 0.1) is 25.8 Å². The summed E-state index contributed by atoms with van der Waals surface area (Å²) in [6.45, 7) is 2.09. The molecular formula is C11H16N4O5. The number of hydrogen-bond acceptors (Lipinski definition) is 6. The van der Waals surface area contributed by atoms with Gasteiger partial charge in [-0.25, -0.2) is 4.79 Å². The highest BCUT2D eigenvalue weighted by atomic mass is 16.5. The van der Waals surface area contributed by atoms with Gasteiger partial charge in [-0.05, 0) is 6.92 Å². The molecule has 0 aliphatic carbocycles. The number of ether oxygens (including phenoxy) is 1. The molecule has 0 radical (unpaired) electrons. The zero-order valence-corrected chi connectivity index (χ0v) is 11.2. The van der Waals surface area contributed by atoms with Gasteiger partial charge >= 0.3 is 12.0 Å². The van der Waals surface area contributed by atoms with Crippen LogP contribution in [0.4, 0.5) is 4.79 Å². The SMILES string of the molecule is Cc1noc(CNC(=O)N(C)C2COCC2C(=O)O)n1. The van der Waals surface area contributed by atoms with E-state index >= 15 is 0 Å². The largest absolute Gasteiger partial charge is 0.481 e. The summed E-state index contributed by atoms with van der Waals surface area (Å²) in [4.78, 5) is 28.3. The molecule has 2 heterocycles. The number of urea groups is 1.